The summed E-state index contributed by atoms with van der Waals surface area (Å²) in [5, 5.41) is 15.0. The van der Waals surface area contributed by atoms with E-state index < -0.39 is 0 Å². The van der Waals surface area contributed by atoms with E-state index in [2.05, 4.69) is 37.6 Å². The molecular weight excluding hydrogens is 380 g/mol. The van der Waals surface area contributed by atoms with Gasteiger partial charge in [0.15, 0.2) is 0 Å². The third-order valence-electron chi connectivity index (χ3n) is 3.45. The highest BCUT2D eigenvalue weighted by atomic mass is 79.9. The number of nitrogens with zero attached hydrogens (tertiary/aromatic N) is 2. The first-order chi connectivity index (χ1) is 12.2. The summed E-state index contributed by atoms with van der Waals surface area (Å²) in [6.07, 6.45) is 1.56. The second-order valence-corrected chi connectivity index (χ2v) is 6.00. The molecular formula is C19H13BrN4O. The van der Waals surface area contributed by atoms with Crippen molar-refractivity contribution >= 4 is 39.0 Å². The van der Waals surface area contributed by atoms with E-state index in [9.17, 15) is 4.79 Å². The van der Waals surface area contributed by atoms with Crippen LogP contribution in [-0.2, 0) is 0 Å². The molecule has 0 bridgehead atoms. The predicted molar refractivity (Wildman–Crippen MR) is 101 cm³/mol. The number of rotatable bonds is 4. The van der Waals surface area contributed by atoms with Crippen LogP contribution in [0.15, 0.2) is 71.3 Å². The Morgan fingerprint density at radius 1 is 1.04 bits per heavy atom. The molecule has 0 radical (unpaired) electrons. The topological polar surface area (TPSA) is 77.8 Å². The predicted octanol–water partition coefficient (Wildman–Crippen LogP) is 4.71. The number of hydrogen-bond acceptors (Lipinski definition) is 4. The van der Waals surface area contributed by atoms with Crippen LogP contribution in [0.5, 0.6) is 0 Å². The number of pyridine rings is 1. The summed E-state index contributed by atoms with van der Waals surface area (Å²) in [5.41, 5.74) is 2.18. The molecule has 2 N–H and O–H groups in total. The average Bonchev–Trinajstić information content (AvgIpc) is 2.64. The van der Waals surface area contributed by atoms with Crippen LogP contribution in [0, 0.1) is 11.3 Å². The van der Waals surface area contributed by atoms with Crippen LogP contribution in [0.4, 0.5) is 17.2 Å². The van der Waals surface area contributed by atoms with Gasteiger partial charge < -0.3 is 10.6 Å². The van der Waals surface area contributed by atoms with Crippen molar-refractivity contribution in [2.75, 3.05) is 10.6 Å². The van der Waals surface area contributed by atoms with Gasteiger partial charge in [0.05, 0.1) is 16.9 Å². The van der Waals surface area contributed by atoms with Gasteiger partial charge in [-0.05, 0) is 52.3 Å². The number of para-hydroxylation sites is 2. The molecule has 0 aliphatic heterocycles. The fourth-order valence-electron chi connectivity index (χ4n) is 2.22. The van der Waals surface area contributed by atoms with Crippen LogP contribution in [0.1, 0.15) is 15.9 Å². The van der Waals surface area contributed by atoms with Gasteiger partial charge in [-0.2, -0.15) is 5.26 Å². The molecule has 0 fully saturated rings. The number of nitriles is 1. The third kappa shape index (κ3) is 4.03. The number of amides is 1. The second-order valence-electron chi connectivity index (χ2n) is 5.15. The minimum atomic E-state index is -0.305. The monoisotopic (exact) mass is 392 g/mol. The SMILES string of the molecule is N#Cc1ccccc1NC(=O)c1ccnc(Nc2ccccc2Br)c1. The highest BCUT2D eigenvalue weighted by Gasteiger charge is 2.10. The normalized spacial score (nSPS) is 9.92. The van der Waals surface area contributed by atoms with Crippen molar-refractivity contribution < 1.29 is 4.79 Å². The van der Waals surface area contributed by atoms with Crippen molar-refractivity contribution in [2.45, 2.75) is 0 Å². The number of hydrogen-bond donors (Lipinski definition) is 2. The lowest BCUT2D eigenvalue weighted by Gasteiger charge is -2.10. The quantitative estimate of drug-likeness (QED) is 0.673. The van der Waals surface area contributed by atoms with Gasteiger partial charge in [0.1, 0.15) is 11.9 Å². The lowest BCUT2D eigenvalue weighted by atomic mass is 10.1. The molecule has 2 aromatic carbocycles. The van der Waals surface area contributed by atoms with Gasteiger partial charge in [0.2, 0.25) is 0 Å². The van der Waals surface area contributed by atoms with E-state index >= 15 is 0 Å². The molecule has 3 aromatic rings. The Morgan fingerprint density at radius 3 is 2.52 bits per heavy atom. The fourth-order valence-corrected chi connectivity index (χ4v) is 2.61. The summed E-state index contributed by atoms with van der Waals surface area (Å²) >= 11 is 3.46. The van der Waals surface area contributed by atoms with E-state index in [0.717, 1.165) is 10.2 Å². The maximum Gasteiger partial charge on any atom is 0.255 e. The van der Waals surface area contributed by atoms with Crippen molar-refractivity contribution in [3.8, 4) is 6.07 Å². The first-order valence-electron chi connectivity index (χ1n) is 7.45. The molecule has 0 saturated carbocycles. The number of anilines is 3. The standard InChI is InChI=1S/C19H13BrN4O/c20-15-6-2-4-8-17(15)23-18-11-13(9-10-22-18)19(25)24-16-7-3-1-5-14(16)12-21/h1-11H,(H,22,23)(H,24,25). The molecule has 1 aromatic heterocycles. The van der Waals surface area contributed by atoms with Gasteiger partial charge >= 0.3 is 0 Å². The third-order valence-corrected chi connectivity index (χ3v) is 4.15. The Morgan fingerprint density at radius 2 is 1.76 bits per heavy atom. The van der Waals surface area contributed by atoms with Crippen molar-refractivity contribution in [1.29, 1.82) is 5.26 Å². The highest BCUT2D eigenvalue weighted by Crippen LogP contribution is 2.25. The molecule has 0 aliphatic carbocycles. The molecule has 0 atom stereocenters. The van der Waals surface area contributed by atoms with E-state index in [4.69, 9.17) is 5.26 Å². The van der Waals surface area contributed by atoms with E-state index in [1.165, 1.54) is 0 Å². The highest BCUT2D eigenvalue weighted by molar-refractivity contribution is 9.10. The van der Waals surface area contributed by atoms with Crippen LogP contribution in [-0.4, -0.2) is 10.9 Å². The maximum atomic E-state index is 12.5. The van der Waals surface area contributed by atoms with Gasteiger partial charge in [-0.15, -0.1) is 0 Å². The molecule has 1 heterocycles. The zero-order chi connectivity index (χ0) is 17.6. The molecule has 0 unspecified atom stereocenters. The number of nitrogens with one attached hydrogen (secondary N) is 2. The van der Waals surface area contributed by atoms with Crippen LogP contribution in [0.25, 0.3) is 0 Å². The van der Waals surface area contributed by atoms with Crippen LogP contribution >= 0.6 is 15.9 Å². The largest absolute Gasteiger partial charge is 0.339 e. The molecule has 3 rings (SSSR count). The van der Waals surface area contributed by atoms with E-state index in [0.29, 0.717) is 22.6 Å². The minimum Gasteiger partial charge on any atom is -0.339 e. The molecule has 122 valence electrons. The van der Waals surface area contributed by atoms with Crippen LogP contribution < -0.4 is 10.6 Å². The summed E-state index contributed by atoms with van der Waals surface area (Å²) in [6.45, 7) is 0. The molecule has 0 spiro atoms. The number of carbonyl (C=O) groups is 1. The van der Waals surface area contributed by atoms with Crippen molar-refractivity contribution in [3.63, 3.8) is 0 Å². The maximum absolute atomic E-state index is 12.5. The first kappa shape index (κ1) is 16.7. The number of benzene rings is 2. The zero-order valence-corrected chi connectivity index (χ0v) is 14.6. The van der Waals surface area contributed by atoms with Gasteiger partial charge in [-0.3, -0.25) is 4.79 Å². The van der Waals surface area contributed by atoms with Gasteiger partial charge in [-0.25, -0.2) is 4.98 Å². The molecule has 6 heteroatoms. The van der Waals surface area contributed by atoms with E-state index in [-0.39, 0.29) is 5.91 Å². The molecule has 5 nitrogen and oxygen atoms in total. The Kier molecular flexibility index (Phi) is 5.07. The fraction of sp³-hybridized carbons (Fsp3) is 0. The van der Waals surface area contributed by atoms with E-state index in [1.54, 1.807) is 42.6 Å². The Bertz CT molecular complexity index is 965. The van der Waals surface area contributed by atoms with Crippen molar-refractivity contribution in [3.05, 3.63) is 82.5 Å². The smallest absolute Gasteiger partial charge is 0.255 e. The van der Waals surface area contributed by atoms with Gasteiger partial charge in [0, 0.05) is 16.2 Å². The second kappa shape index (κ2) is 7.60. The number of aromatic nitrogens is 1. The Hall–Kier alpha value is -3.17. The summed E-state index contributed by atoms with van der Waals surface area (Å²) in [4.78, 5) is 16.7. The average molecular weight is 393 g/mol. The van der Waals surface area contributed by atoms with Gasteiger partial charge in [0.25, 0.3) is 5.91 Å². The molecule has 1 amide bonds. The molecule has 0 saturated heterocycles. The zero-order valence-electron chi connectivity index (χ0n) is 13.0. The van der Waals surface area contributed by atoms with Gasteiger partial charge in [-0.1, -0.05) is 24.3 Å². The lowest BCUT2D eigenvalue weighted by molar-refractivity contribution is 0.102. The Balaban J connectivity index is 1.80. The summed E-state index contributed by atoms with van der Waals surface area (Å²) in [6, 6.07) is 19.8. The van der Waals surface area contributed by atoms with E-state index in [1.807, 2.05) is 24.3 Å². The summed E-state index contributed by atoms with van der Waals surface area (Å²) in [5.74, 6) is 0.244. The van der Waals surface area contributed by atoms with Crippen LogP contribution in [0.3, 0.4) is 0 Å². The van der Waals surface area contributed by atoms with Crippen molar-refractivity contribution in [1.82, 2.24) is 4.98 Å². The summed E-state index contributed by atoms with van der Waals surface area (Å²) in [7, 11) is 0. The number of halogens is 1. The Labute approximate surface area is 153 Å². The minimum absolute atomic E-state index is 0.305. The van der Waals surface area contributed by atoms with Crippen LogP contribution in [0.2, 0.25) is 0 Å². The van der Waals surface area contributed by atoms with Crippen molar-refractivity contribution in [2.24, 2.45) is 0 Å². The molecule has 0 aliphatic rings. The number of carbonyl (C=O) groups excluding carboxylic acids is 1. The lowest BCUT2D eigenvalue weighted by Crippen LogP contribution is -2.13. The summed E-state index contributed by atoms with van der Waals surface area (Å²) < 4.78 is 0.898. The first-order valence-corrected chi connectivity index (χ1v) is 8.25. The molecule has 25 heavy (non-hydrogen) atoms.